The number of hydrogen-bond acceptors (Lipinski definition) is 1. The molecule has 0 aliphatic heterocycles. The largest absolute Gasteiger partial charge is 0.307 e. The van der Waals surface area contributed by atoms with Crippen LogP contribution in [-0.2, 0) is 0 Å². The van der Waals surface area contributed by atoms with Gasteiger partial charge in [0.2, 0.25) is 0 Å². The van der Waals surface area contributed by atoms with E-state index < -0.39 is 11.6 Å². The molecule has 108 valence electrons. The SMILES string of the molecule is CCC(C)CC(CC)NC(C)c1c(F)cccc1F. The highest BCUT2D eigenvalue weighted by atomic mass is 19.1. The first-order chi connectivity index (χ1) is 8.99. The Kier molecular flexibility index (Phi) is 6.43. The molecule has 3 atom stereocenters. The Morgan fingerprint density at radius 3 is 2.11 bits per heavy atom. The van der Waals surface area contributed by atoms with Gasteiger partial charge in [-0.2, -0.15) is 0 Å². The molecule has 0 aromatic heterocycles. The van der Waals surface area contributed by atoms with Crippen LogP contribution in [0.1, 0.15) is 58.6 Å². The molecule has 3 heteroatoms. The number of nitrogens with one attached hydrogen (secondary N) is 1. The summed E-state index contributed by atoms with van der Waals surface area (Å²) in [4.78, 5) is 0. The summed E-state index contributed by atoms with van der Waals surface area (Å²) in [6, 6.07) is 4.01. The van der Waals surface area contributed by atoms with Crippen molar-refractivity contribution in [1.29, 1.82) is 0 Å². The Labute approximate surface area is 115 Å². The van der Waals surface area contributed by atoms with Gasteiger partial charge < -0.3 is 5.32 Å². The van der Waals surface area contributed by atoms with Crippen LogP contribution in [0.15, 0.2) is 18.2 Å². The fourth-order valence-electron chi connectivity index (χ4n) is 2.37. The zero-order valence-corrected chi connectivity index (χ0v) is 12.3. The van der Waals surface area contributed by atoms with Gasteiger partial charge in [-0.3, -0.25) is 0 Å². The van der Waals surface area contributed by atoms with E-state index in [1.165, 1.54) is 18.2 Å². The summed E-state index contributed by atoms with van der Waals surface area (Å²) in [5.41, 5.74) is 0.144. The first-order valence-corrected chi connectivity index (χ1v) is 7.19. The molecule has 0 radical (unpaired) electrons. The van der Waals surface area contributed by atoms with Crippen molar-refractivity contribution in [1.82, 2.24) is 5.32 Å². The number of halogens is 2. The summed E-state index contributed by atoms with van der Waals surface area (Å²) in [5.74, 6) is -0.327. The van der Waals surface area contributed by atoms with Crippen LogP contribution in [0.2, 0.25) is 0 Å². The average Bonchev–Trinajstić information content (AvgIpc) is 2.37. The van der Waals surface area contributed by atoms with Crippen LogP contribution < -0.4 is 5.32 Å². The molecule has 19 heavy (non-hydrogen) atoms. The van der Waals surface area contributed by atoms with Crippen LogP contribution in [0.3, 0.4) is 0 Å². The van der Waals surface area contributed by atoms with E-state index in [9.17, 15) is 8.78 Å². The highest BCUT2D eigenvalue weighted by Gasteiger charge is 2.19. The second-order valence-corrected chi connectivity index (χ2v) is 5.38. The van der Waals surface area contributed by atoms with Gasteiger partial charge in [0.15, 0.2) is 0 Å². The lowest BCUT2D eigenvalue weighted by molar-refractivity contribution is 0.350. The van der Waals surface area contributed by atoms with E-state index in [-0.39, 0.29) is 11.6 Å². The molecule has 0 aliphatic rings. The van der Waals surface area contributed by atoms with Crippen molar-refractivity contribution < 1.29 is 8.78 Å². The summed E-state index contributed by atoms with van der Waals surface area (Å²) < 4.78 is 27.4. The van der Waals surface area contributed by atoms with E-state index in [0.717, 1.165) is 19.3 Å². The molecule has 0 saturated heterocycles. The molecular formula is C16H25F2N. The topological polar surface area (TPSA) is 12.0 Å². The zero-order valence-electron chi connectivity index (χ0n) is 12.3. The highest BCUT2D eigenvalue weighted by Crippen LogP contribution is 2.22. The molecule has 0 saturated carbocycles. The van der Waals surface area contributed by atoms with Crippen LogP contribution in [0.4, 0.5) is 8.78 Å². The summed E-state index contributed by atoms with van der Waals surface area (Å²) in [7, 11) is 0. The van der Waals surface area contributed by atoms with Gasteiger partial charge in [0.1, 0.15) is 11.6 Å². The maximum atomic E-state index is 13.7. The van der Waals surface area contributed by atoms with E-state index in [0.29, 0.717) is 12.0 Å². The van der Waals surface area contributed by atoms with Crippen molar-refractivity contribution in [2.45, 2.75) is 59.0 Å². The van der Waals surface area contributed by atoms with Gasteiger partial charge in [-0.25, -0.2) is 8.78 Å². The zero-order chi connectivity index (χ0) is 14.4. The molecule has 1 rings (SSSR count). The third-order valence-corrected chi connectivity index (χ3v) is 3.80. The monoisotopic (exact) mass is 269 g/mol. The summed E-state index contributed by atoms with van der Waals surface area (Å²) in [5, 5.41) is 3.35. The van der Waals surface area contributed by atoms with Crippen molar-refractivity contribution >= 4 is 0 Å². The number of hydrogen-bond donors (Lipinski definition) is 1. The van der Waals surface area contributed by atoms with Crippen molar-refractivity contribution in [3.8, 4) is 0 Å². The second-order valence-electron chi connectivity index (χ2n) is 5.38. The summed E-state index contributed by atoms with van der Waals surface area (Å²) in [6.45, 7) is 8.29. The Hall–Kier alpha value is -0.960. The molecule has 1 N–H and O–H groups in total. The van der Waals surface area contributed by atoms with Crippen LogP contribution >= 0.6 is 0 Å². The Morgan fingerprint density at radius 2 is 1.63 bits per heavy atom. The average molecular weight is 269 g/mol. The lowest BCUT2D eigenvalue weighted by Gasteiger charge is -2.25. The molecule has 1 nitrogen and oxygen atoms in total. The van der Waals surface area contributed by atoms with E-state index in [2.05, 4.69) is 26.1 Å². The first kappa shape index (κ1) is 16.1. The van der Waals surface area contributed by atoms with Crippen molar-refractivity contribution in [3.63, 3.8) is 0 Å². The maximum Gasteiger partial charge on any atom is 0.130 e. The molecule has 0 bridgehead atoms. The van der Waals surface area contributed by atoms with Gasteiger partial charge in [-0.05, 0) is 37.8 Å². The normalized spacial score (nSPS) is 16.1. The molecule has 3 unspecified atom stereocenters. The first-order valence-electron chi connectivity index (χ1n) is 7.19. The molecule has 0 heterocycles. The standard InChI is InChI=1S/C16H25F2N/c1-5-11(3)10-13(6-2)19-12(4)16-14(17)8-7-9-15(16)18/h7-9,11-13,19H,5-6,10H2,1-4H3. The molecule has 1 aromatic rings. The lowest BCUT2D eigenvalue weighted by Crippen LogP contribution is -2.33. The van der Waals surface area contributed by atoms with Crippen LogP contribution in [-0.4, -0.2) is 6.04 Å². The van der Waals surface area contributed by atoms with Crippen molar-refractivity contribution in [3.05, 3.63) is 35.4 Å². The van der Waals surface area contributed by atoms with Gasteiger partial charge >= 0.3 is 0 Å². The van der Waals surface area contributed by atoms with E-state index >= 15 is 0 Å². The Morgan fingerprint density at radius 1 is 1.05 bits per heavy atom. The smallest absolute Gasteiger partial charge is 0.130 e. The molecule has 0 amide bonds. The Balaban J connectivity index is 2.74. The Bertz CT molecular complexity index is 372. The predicted molar refractivity (Wildman–Crippen MR) is 76.1 cm³/mol. The van der Waals surface area contributed by atoms with Crippen LogP contribution in [0, 0.1) is 17.6 Å². The molecule has 0 aliphatic carbocycles. The van der Waals surface area contributed by atoms with E-state index in [4.69, 9.17) is 0 Å². The lowest BCUT2D eigenvalue weighted by atomic mass is 9.96. The minimum Gasteiger partial charge on any atom is -0.307 e. The van der Waals surface area contributed by atoms with Gasteiger partial charge in [0.25, 0.3) is 0 Å². The predicted octanol–water partition coefficient (Wildman–Crippen LogP) is 4.83. The summed E-state index contributed by atoms with van der Waals surface area (Å²) >= 11 is 0. The number of benzene rings is 1. The molecule has 1 aromatic carbocycles. The van der Waals surface area contributed by atoms with Gasteiger partial charge in [0.05, 0.1) is 0 Å². The summed E-state index contributed by atoms with van der Waals surface area (Å²) in [6.07, 6.45) is 3.12. The number of rotatable bonds is 7. The second kappa shape index (κ2) is 7.59. The third-order valence-electron chi connectivity index (χ3n) is 3.80. The quantitative estimate of drug-likeness (QED) is 0.747. The van der Waals surface area contributed by atoms with Crippen molar-refractivity contribution in [2.75, 3.05) is 0 Å². The van der Waals surface area contributed by atoms with Crippen LogP contribution in [0.5, 0.6) is 0 Å². The minimum atomic E-state index is -0.474. The van der Waals surface area contributed by atoms with E-state index in [1.54, 1.807) is 0 Å². The minimum absolute atomic E-state index is 0.144. The van der Waals surface area contributed by atoms with Gasteiger partial charge in [-0.1, -0.05) is 33.3 Å². The third kappa shape index (κ3) is 4.57. The molecule has 0 spiro atoms. The van der Waals surface area contributed by atoms with E-state index in [1.807, 2.05) is 6.92 Å². The van der Waals surface area contributed by atoms with Crippen molar-refractivity contribution in [2.24, 2.45) is 5.92 Å². The fraction of sp³-hybridized carbons (Fsp3) is 0.625. The van der Waals surface area contributed by atoms with Crippen LogP contribution in [0.25, 0.3) is 0 Å². The van der Waals surface area contributed by atoms with Gasteiger partial charge in [-0.15, -0.1) is 0 Å². The molecule has 0 fully saturated rings. The molecular weight excluding hydrogens is 244 g/mol. The fourth-order valence-corrected chi connectivity index (χ4v) is 2.37. The highest BCUT2D eigenvalue weighted by molar-refractivity contribution is 5.22. The maximum absolute atomic E-state index is 13.7. The van der Waals surface area contributed by atoms with Gasteiger partial charge in [0, 0.05) is 17.6 Å².